The van der Waals surface area contributed by atoms with Gasteiger partial charge in [-0.15, -0.1) is 0 Å². The van der Waals surface area contributed by atoms with Gasteiger partial charge in [0.15, 0.2) is 0 Å². The Morgan fingerprint density at radius 1 is 1.57 bits per heavy atom. The summed E-state index contributed by atoms with van der Waals surface area (Å²) < 4.78 is 10.1. The molecule has 1 heterocycles. The predicted molar refractivity (Wildman–Crippen MR) is 55.9 cm³/mol. The van der Waals surface area contributed by atoms with Crippen LogP contribution in [0.1, 0.15) is 12.8 Å². The summed E-state index contributed by atoms with van der Waals surface area (Å²) in [5.41, 5.74) is 0. The number of hydrogen-bond acceptors (Lipinski definition) is 4. The van der Waals surface area contributed by atoms with Crippen molar-refractivity contribution in [2.24, 2.45) is 11.8 Å². The molecule has 5 heteroatoms. The molecule has 1 saturated heterocycles. The van der Waals surface area contributed by atoms with Crippen molar-refractivity contribution in [2.75, 3.05) is 7.11 Å². The summed E-state index contributed by atoms with van der Waals surface area (Å²) in [7, 11) is 1.36. The molecule has 0 N–H and O–H groups in total. The fourth-order valence-corrected chi connectivity index (χ4v) is 3.14. The minimum atomic E-state index is -0.298. The van der Waals surface area contributed by atoms with Crippen LogP contribution in [0.2, 0.25) is 0 Å². The number of alkyl halides is 1. The highest BCUT2D eigenvalue weighted by atomic mass is 127. The van der Waals surface area contributed by atoms with E-state index >= 15 is 0 Å². The van der Waals surface area contributed by atoms with Crippen molar-refractivity contribution in [1.29, 1.82) is 0 Å². The van der Waals surface area contributed by atoms with Crippen LogP contribution in [0.15, 0.2) is 0 Å². The van der Waals surface area contributed by atoms with Crippen LogP contribution < -0.4 is 0 Å². The lowest BCUT2D eigenvalue weighted by atomic mass is 9.80. The molecule has 1 saturated carbocycles. The lowest BCUT2D eigenvalue weighted by Crippen LogP contribution is -2.35. The highest BCUT2D eigenvalue weighted by molar-refractivity contribution is 14.1. The Morgan fingerprint density at radius 3 is 2.93 bits per heavy atom. The lowest BCUT2D eigenvalue weighted by Gasteiger charge is -2.26. The maximum absolute atomic E-state index is 11.4. The van der Waals surface area contributed by atoms with Crippen molar-refractivity contribution in [3.05, 3.63) is 0 Å². The van der Waals surface area contributed by atoms with Gasteiger partial charge in [0.25, 0.3) is 0 Å². The first kappa shape index (κ1) is 10.2. The molecule has 0 amide bonds. The molecule has 14 heavy (non-hydrogen) atoms. The Hall–Kier alpha value is -0.330. The molecule has 0 spiro atoms. The zero-order valence-corrected chi connectivity index (χ0v) is 9.89. The normalized spacial score (nSPS) is 40.6. The van der Waals surface area contributed by atoms with Gasteiger partial charge >= 0.3 is 11.9 Å². The number of ether oxygens (including phenoxy) is 2. The highest BCUT2D eigenvalue weighted by Crippen LogP contribution is 2.42. The Labute approximate surface area is 95.5 Å². The molecule has 2 aliphatic rings. The minimum absolute atomic E-state index is 0.00834. The van der Waals surface area contributed by atoms with Crippen LogP contribution in [0.25, 0.3) is 0 Å². The number of carbonyl (C=O) groups is 2. The van der Waals surface area contributed by atoms with E-state index in [-0.39, 0.29) is 33.8 Å². The number of fused-ring (bicyclic) bond motifs is 2. The van der Waals surface area contributed by atoms with Crippen molar-refractivity contribution >= 4 is 34.5 Å². The van der Waals surface area contributed by atoms with Gasteiger partial charge in [-0.25, -0.2) is 0 Å². The number of hydrogen-bond donors (Lipinski definition) is 0. The zero-order chi connectivity index (χ0) is 10.3. The molecule has 78 valence electrons. The third-order valence-electron chi connectivity index (χ3n) is 2.93. The molecule has 1 aliphatic carbocycles. The van der Waals surface area contributed by atoms with Crippen molar-refractivity contribution in [1.82, 2.24) is 0 Å². The smallest absolute Gasteiger partial charge is 0.310 e. The van der Waals surface area contributed by atoms with Gasteiger partial charge in [0.1, 0.15) is 6.10 Å². The summed E-state index contributed by atoms with van der Waals surface area (Å²) in [6.45, 7) is 0. The van der Waals surface area contributed by atoms with Crippen molar-refractivity contribution < 1.29 is 19.1 Å². The molecular formula is C9H11IO4. The third kappa shape index (κ3) is 1.51. The Balaban J connectivity index is 2.18. The largest absolute Gasteiger partial charge is 0.469 e. The summed E-state index contributed by atoms with van der Waals surface area (Å²) in [6, 6.07) is 0. The van der Waals surface area contributed by atoms with Gasteiger partial charge in [-0.1, -0.05) is 22.6 Å². The van der Waals surface area contributed by atoms with Gasteiger partial charge in [-0.05, 0) is 12.8 Å². The average molecular weight is 310 g/mol. The van der Waals surface area contributed by atoms with Gasteiger partial charge in [-0.2, -0.15) is 0 Å². The summed E-state index contributed by atoms with van der Waals surface area (Å²) in [5.74, 6) is -1.08. The summed E-state index contributed by atoms with van der Waals surface area (Å²) >= 11 is 2.24. The van der Waals surface area contributed by atoms with E-state index in [2.05, 4.69) is 27.3 Å². The van der Waals surface area contributed by atoms with E-state index in [4.69, 9.17) is 4.74 Å². The van der Waals surface area contributed by atoms with E-state index in [1.165, 1.54) is 7.11 Å². The first-order valence-electron chi connectivity index (χ1n) is 4.56. The molecule has 4 nitrogen and oxygen atoms in total. The molecule has 4 atom stereocenters. The molecule has 0 aromatic heterocycles. The van der Waals surface area contributed by atoms with Crippen molar-refractivity contribution in [3.63, 3.8) is 0 Å². The van der Waals surface area contributed by atoms with Gasteiger partial charge in [0, 0.05) is 3.92 Å². The Kier molecular flexibility index (Phi) is 2.68. The number of methoxy groups -OCH3 is 1. The second kappa shape index (κ2) is 3.67. The molecule has 2 bridgehead atoms. The Morgan fingerprint density at radius 2 is 2.29 bits per heavy atom. The molecule has 0 radical (unpaired) electrons. The molecule has 2 fully saturated rings. The van der Waals surface area contributed by atoms with E-state index in [9.17, 15) is 9.59 Å². The standard InChI is InChI=1S/C9H11IO4/c1-13-8(11)4-2-6(10)7-3-5(4)9(12)14-7/h4-7H,2-3H2,1H3. The third-order valence-corrected chi connectivity index (χ3v) is 4.24. The van der Waals surface area contributed by atoms with Crippen LogP contribution >= 0.6 is 22.6 Å². The quantitative estimate of drug-likeness (QED) is 0.410. The maximum Gasteiger partial charge on any atom is 0.310 e. The first-order valence-corrected chi connectivity index (χ1v) is 5.80. The van der Waals surface area contributed by atoms with Gasteiger partial charge < -0.3 is 9.47 Å². The lowest BCUT2D eigenvalue weighted by molar-refractivity contribution is -0.153. The molecular weight excluding hydrogens is 299 g/mol. The molecule has 0 aromatic rings. The van der Waals surface area contributed by atoms with Gasteiger partial charge in [0.2, 0.25) is 0 Å². The number of carbonyl (C=O) groups excluding carboxylic acids is 2. The number of rotatable bonds is 1. The summed E-state index contributed by atoms with van der Waals surface area (Å²) in [4.78, 5) is 22.8. The van der Waals surface area contributed by atoms with Crippen molar-refractivity contribution in [3.8, 4) is 0 Å². The predicted octanol–water partition coefficient (Wildman–Crippen LogP) is 0.915. The van der Waals surface area contributed by atoms with E-state index in [0.717, 1.165) is 0 Å². The molecule has 1 aliphatic heterocycles. The van der Waals surface area contributed by atoms with E-state index in [1.54, 1.807) is 0 Å². The second-order valence-electron chi connectivity index (χ2n) is 3.70. The molecule has 2 rings (SSSR count). The fourth-order valence-electron chi connectivity index (χ4n) is 2.15. The maximum atomic E-state index is 11.4. The first-order chi connectivity index (χ1) is 6.63. The van der Waals surface area contributed by atoms with Crippen LogP contribution in [0.4, 0.5) is 0 Å². The van der Waals surface area contributed by atoms with Crippen LogP contribution in [0.5, 0.6) is 0 Å². The summed E-state index contributed by atoms with van der Waals surface area (Å²) in [6.07, 6.45) is 1.37. The van der Waals surface area contributed by atoms with E-state index in [0.29, 0.717) is 12.8 Å². The monoisotopic (exact) mass is 310 g/mol. The molecule has 4 unspecified atom stereocenters. The van der Waals surface area contributed by atoms with Crippen LogP contribution in [-0.4, -0.2) is 29.1 Å². The van der Waals surface area contributed by atoms with Gasteiger partial charge in [-0.3, -0.25) is 9.59 Å². The second-order valence-corrected chi connectivity index (χ2v) is 5.30. The van der Waals surface area contributed by atoms with Gasteiger partial charge in [0.05, 0.1) is 18.9 Å². The SMILES string of the molecule is COC(=O)C1CC(I)C2CC1C(=O)O2. The van der Waals surface area contributed by atoms with Crippen molar-refractivity contribution in [2.45, 2.75) is 22.9 Å². The van der Waals surface area contributed by atoms with Crippen LogP contribution in [0, 0.1) is 11.8 Å². The average Bonchev–Trinajstić information content (AvgIpc) is 2.50. The highest BCUT2D eigenvalue weighted by Gasteiger charge is 2.50. The van der Waals surface area contributed by atoms with E-state index in [1.807, 2.05) is 0 Å². The van der Waals surface area contributed by atoms with Crippen LogP contribution in [-0.2, 0) is 19.1 Å². The topological polar surface area (TPSA) is 52.6 Å². The zero-order valence-electron chi connectivity index (χ0n) is 7.73. The molecule has 0 aromatic carbocycles. The van der Waals surface area contributed by atoms with Crippen LogP contribution in [0.3, 0.4) is 0 Å². The summed E-state index contributed by atoms with van der Waals surface area (Å²) in [5, 5.41) is 0. The number of halogens is 1. The fraction of sp³-hybridized carbons (Fsp3) is 0.778. The number of esters is 2. The minimum Gasteiger partial charge on any atom is -0.469 e. The Bertz CT molecular complexity index is 278. The van der Waals surface area contributed by atoms with E-state index < -0.39 is 0 Å².